The number of aryl methyl sites for hydroxylation is 2. The van der Waals surface area contributed by atoms with E-state index in [2.05, 4.69) is 31.7 Å². The first-order valence-corrected chi connectivity index (χ1v) is 9.53. The van der Waals surface area contributed by atoms with E-state index in [4.69, 9.17) is 4.74 Å². The van der Waals surface area contributed by atoms with E-state index >= 15 is 0 Å². The summed E-state index contributed by atoms with van der Waals surface area (Å²) >= 11 is 0. The number of nitrogens with zero attached hydrogens (tertiary/aromatic N) is 4. The van der Waals surface area contributed by atoms with E-state index in [0.717, 1.165) is 49.4 Å². The summed E-state index contributed by atoms with van der Waals surface area (Å²) in [4.78, 5) is 19.1. The van der Waals surface area contributed by atoms with Crippen LogP contribution in [0.4, 0.5) is 10.6 Å². The lowest BCUT2D eigenvalue weighted by Crippen LogP contribution is -2.44. The fourth-order valence-corrected chi connectivity index (χ4v) is 3.94. The molecule has 4 rings (SSSR count). The number of hydrogen-bond acceptors (Lipinski definition) is 5. The Hall–Kier alpha value is -2.45. The van der Waals surface area contributed by atoms with Crippen LogP contribution in [-0.4, -0.2) is 58.5 Å². The molecule has 0 spiro atoms. The quantitative estimate of drug-likeness (QED) is 0.833. The van der Waals surface area contributed by atoms with Crippen molar-refractivity contribution in [3.05, 3.63) is 41.3 Å². The van der Waals surface area contributed by atoms with Gasteiger partial charge in [-0.3, -0.25) is 19.9 Å². The molecule has 27 heavy (non-hydrogen) atoms. The van der Waals surface area contributed by atoms with Crippen LogP contribution in [0.3, 0.4) is 0 Å². The Labute approximate surface area is 158 Å². The third kappa shape index (κ3) is 3.96. The Kier molecular flexibility index (Phi) is 5.35. The number of fused-ring (bicyclic) bond motifs is 1. The number of amides is 2. The van der Waals surface area contributed by atoms with Crippen molar-refractivity contribution in [3.8, 4) is 0 Å². The van der Waals surface area contributed by atoms with E-state index < -0.39 is 0 Å². The molecule has 0 unspecified atom stereocenters. The van der Waals surface area contributed by atoms with Crippen molar-refractivity contribution < 1.29 is 9.53 Å². The van der Waals surface area contributed by atoms with Crippen molar-refractivity contribution in [2.45, 2.75) is 25.3 Å². The molecule has 2 N–H and O–H groups in total. The maximum atomic E-state index is 12.6. The van der Waals surface area contributed by atoms with Gasteiger partial charge < -0.3 is 10.1 Å². The molecule has 0 aromatic carbocycles. The molecule has 1 atom stereocenters. The molecule has 144 valence electrons. The number of ether oxygens (including phenoxy) is 1. The number of carbonyl (C=O) groups is 1. The van der Waals surface area contributed by atoms with Crippen molar-refractivity contribution >= 4 is 11.8 Å². The van der Waals surface area contributed by atoms with Gasteiger partial charge in [-0.2, -0.15) is 5.10 Å². The maximum Gasteiger partial charge on any atom is 0.320 e. The summed E-state index contributed by atoms with van der Waals surface area (Å²) in [5.41, 5.74) is 3.38. The van der Waals surface area contributed by atoms with E-state index in [1.54, 1.807) is 10.9 Å². The number of hydrogen-bond donors (Lipinski definition) is 2. The van der Waals surface area contributed by atoms with Crippen molar-refractivity contribution in [2.24, 2.45) is 7.05 Å². The normalized spacial score (nSPS) is 18.1. The fourth-order valence-electron chi connectivity index (χ4n) is 3.94. The first-order valence-electron chi connectivity index (χ1n) is 9.53. The van der Waals surface area contributed by atoms with Crippen LogP contribution in [0.15, 0.2) is 24.5 Å². The van der Waals surface area contributed by atoms with Gasteiger partial charge in [0.1, 0.15) is 5.82 Å². The van der Waals surface area contributed by atoms with Crippen molar-refractivity contribution in [3.63, 3.8) is 0 Å². The predicted molar refractivity (Wildman–Crippen MR) is 102 cm³/mol. The molecule has 0 radical (unpaired) electrons. The molecular weight excluding hydrogens is 344 g/mol. The highest BCUT2D eigenvalue weighted by atomic mass is 16.5. The Morgan fingerprint density at radius 3 is 2.96 bits per heavy atom. The molecule has 1 saturated heterocycles. The van der Waals surface area contributed by atoms with Gasteiger partial charge >= 0.3 is 6.03 Å². The van der Waals surface area contributed by atoms with Crippen LogP contribution < -0.4 is 10.6 Å². The minimum Gasteiger partial charge on any atom is -0.379 e. The van der Waals surface area contributed by atoms with Crippen LogP contribution in [0.5, 0.6) is 0 Å². The molecule has 3 heterocycles. The Bertz CT molecular complexity index is 785. The smallest absolute Gasteiger partial charge is 0.320 e. The van der Waals surface area contributed by atoms with Crippen molar-refractivity contribution in [1.29, 1.82) is 0 Å². The molecule has 2 aromatic heterocycles. The molecule has 8 heteroatoms. The van der Waals surface area contributed by atoms with Crippen LogP contribution >= 0.6 is 0 Å². The third-order valence-corrected chi connectivity index (χ3v) is 5.31. The van der Waals surface area contributed by atoms with Gasteiger partial charge in [-0.1, -0.05) is 6.07 Å². The fraction of sp³-hybridized carbons (Fsp3) is 0.526. The van der Waals surface area contributed by atoms with Gasteiger partial charge in [-0.15, -0.1) is 0 Å². The van der Waals surface area contributed by atoms with Crippen LogP contribution in [0, 0.1) is 0 Å². The summed E-state index contributed by atoms with van der Waals surface area (Å²) in [6.07, 6.45) is 6.71. The van der Waals surface area contributed by atoms with Crippen LogP contribution in [0.2, 0.25) is 0 Å². The summed E-state index contributed by atoms with van der Waals surface area (Å²) in [5, 5.41) is 10.5. The van der Waals surface area contributed by atoms with E-state index in [0.29, 0.717) is 19.8 Å². The molecule has 8 nitrogen and oxygen atoms in total. The number of morpholine rings is 1. The van der Waals surface area contributed by atoms with E-state index in [9.17, 15) is 4.79 Å². The lowest BCUT2D eigenvalue weighted by atomic mass is 10.1. The number of pyridine rings is 1. The first kappa shape index (κ1) is 17.9. The Morgan fingerprint density at radius 1 is 1.33 bits per heavy atom. The van der Waals surface area contributed by atoms with Crippen LogP contribution in [0.25, 0.3) is 0 Å². The van der Waals surface area contributed by atoms with Crippen LogP contribution in [-0.2, 0) is 24.6 Å². The van der Waals surface area contributed by atoms with Crippen molar-refractivity contribution in [2.75, 3.05) is 38.2 Å². The Balaban J connectivity index is 1.42. The molecule has 1 aliphatic carbocycles. The second kappa shape index (κ2) is 8.06. The molecule has 2 amide bonds. The van der Waals surface area contributed by atoms with Gasteiger partial charge in [0.05, 0.1) is 24.9 Å². The summed E-state index contributed by atoms with van der Waals surface area (Å²) in [5.74, 6) is 0.810. The first-order chi connectivity index (χ1) is 13.2. The average molecular weight is 370 g/mol. The number of aromatic nitrogens is 3. The van der Waals surface area contributed by atoms with E-state index in [-0.39, 0.29) is 12.1 Å². The SMILES string of the molecule is Cn1nc2c(c1NC(=O)NC[C@@H](c1cccnc1)N1CCOCC1)CCC2. The maximum absolute atomic E-state index is 12.6. The highest BCUT2D eigenvalue weighted by Crippen LogP contribution is 2.28. The average Bonchev–Trinajstić information content (AvgIpc) is 3.26. The zero-order valence-corrected chi connectivity index (χ0v) is 15.6. The van der Waals surface area contributed by atoms with Gasteiger partial charge in [0, 0.05) is 44.6 Å². The molecule has 0 saturated carbocycles. The number of rotatable bonds is 5. The van der Waals surface area contributed by atoms with Gasteiger partial charge in [-0.05, 0) is 30.9 Å². The monoisotopic (exact) mass is 370 g/mol. The summed E-state index contributed by atoms with van der Waals surface area (Å²) < 4.78 is 7.24. The van der Waals surface area contributed by atoms with E-state index in [1.165, 1.54) is 5.56 Å². The number of anilines is 1. The second-order valence-electron chi connectivity index (χ2n) is 7.04. The van der Waals surface area contributed by atoms with Gasteiger partial charge in [0.15, 0.2) is 0 Å². The number of urea groups is 1. The van der Waals surface area contributed by atoms with Gasteiger partial charge in [0.2, 0.25) is 0 Å². The van der Waals surface area contributed by atoms with Gasteiger partial charge in [-0.25, -0.2) is 4.79 Å². The Morgan fingerprint density at radius 2 is 2.19 bits per heavy atom. The summed E-state index contributed by atoms with van der Waals surface area (Å²) in [6, 6.07) is 3.86. The second-order valence-corrected chi connectivity index (χ2v) is 7.04. The highest BCUT2D eigenvalue weighted by Gasteiger charge is 2.25. The molecule has 2 aliphatic rings. The van der Waals surface area contributed by atoms with E-state index in [1.807, 2.05) is 19.3 Å². The largest absolute Gasteiger partial charge is 0.379 e. The molecule has 1 aliphatic heterocycles. The lowest BCUT2D eigenvalue weighted by molar-refractivity contribution is 0.0167. The lowest BCUT2D eigenvalue weighted by Gasteiger charge is -2.34. The summed E-state index contributed by atoms with van der Waals surface area (Å²) in [6.45, 7) is 3.63. The molecule has 2 aromatic rings. The predicted octanol–water partition coefficient (Wildman–Crippen LogP) is 1.50. The van der Waals surface area contributed by atoms with Crippen molar-refractivity contribution in [1.82, 2.24) is 25.0 Å². The minimum atomic E-state index is -0.199. The minimum absolute atomic E-state index is 0.0746. The van der Waals surface area contributed by atoms with Crippen LogP contribution in [0.1, 0.15) is 29.3 Å². The third-order valence-electron chi connectivity index (χ3n) is 5.31. The molecule has 0 bridgehead atoms. The molecular formula is C19H26N6O2. The highest BCUT2D eigenvalue weighted by molar-refractivity contribution is 5.89. The zero-order valence-electron chi connectivity index (χ0n) is 15.6. The molecule has 1 fully saturated rings. The number of nitrogens with one attached hydrogen (secondary N) is 2. The van der Waals surface area contributed by atoms with Gasteiger partial charge in [0.25, 0.3) is 0 Å². The zero-order chi connectivity index (χ0) is 18.6. The standard InChI is InChI=1S/C19H26N6O2/c1-24-18(15-5-2-6-16(15)23-24)22-19(26)21-13-17(14-4-3-7-20-12-14)25-8-10-27-11-9-25/h3-4,7,12,17H,2,5-6,8-11,13H2,1H3,(H2,21,22,26)/t17-/m0/s1. The topological polar surface area (TPSA) is 84.3 Å². The summed E-state index contributed by atoms with van der Waals surface area (Å²) in [7, 11) is 1.88. The number of carbonyl (C=O) groups excluding carboxylic acids is 1.